The van der Waals surface area contributed by atoms with Gasteiger partial charge >= 0.3 is 5.97 Å². The number of carboxylic acids is 1. The molecule has 1 aliphatic rings. The smallest absolute Gasteiger partial charge is 0.308 e. The summed E-state index contributed by atoms with van der Waals surface area (Å²) in [4.78, 5) is 22.0. The number of aromatic nitrogens is 2. The van der Waals surface area contributed by atoms with Crippen molar-refractivity contribution >= 4 is 38.4 Å². The van der Waals surface area contributed by atoms with Gasteiger partial charge in [-0.15, -0.1) is 10.2 Å². The first kappa shape index (κ1) is 15.8. The van der Waals surface area contributed by atoms with E-state index >= 15 is 0 Å². The molecule has 1 aromatic rings. The van der Waals surface area contributed by atoms with Crippen molar-refractivity contribution in [1.29, 1.82) is 0 Å². The van der Waals surface area contributed by atoms with Crippen molar-refractivity contribution < 1.29 is 23.1 Å². The minimum absolute atomic E-state index is 0.0858. The summed E-state index contributed by atoms with van der Waals surface area (Å²) in [5.41, 5.74) is 0. The summed E-state index contributed by atoms with van der Waals surface area (Å²) in [6.45, 7) is 2.95. The fourth-order valence-corrected chi connectivity index (χ4v) is 4.94. The molecule has 2 N–H and O–H groups in total. The predicted molar refractivity (Wildman–Crippen MR) is 73.3 cm³/mol. The van der Waals surface area contributed by atoms with E-state index in [0.717, 1.165) is 15.6 Å². The molecule has 116 valence electrons. The molecule has 2 atom stereocenters. The normalized spacial score (nSPS) is 23.1. The van der Waals surface area contributed by atoms with E-state index in [1.54, 1.807) is 6.92 Å². The van der Waals surface area contributed by atoms with Crippen LogP contribution in [-0.2, 0) is 19.6 Å². The molecule has 1 aromatic heterocycles. The maximum Gasteiger partial charge on any atom is 0.308 e. The highest BCUT2D eigenvalue weighted by atomic mass is 32.2. The zero-order chi connectivity index (χ0) is 15.8. The number of nitrogens with zero attached hydrogens (tertiary/aromatic N) is 3. The number of rotatable bonds is 4. The van der Waals surface area contributed by atoms with Crippen LogP contribution in [0.3, 0.4) is 0 Å². The molecule has 2 rings (SSSR count). The van der Waals surface area contributed by atoms with E-state index < -0.39 is 28.0 Å². The fraction of sp³-hybridized carbons (Fsp3) is 0.600. The first-order valence-electron chi connectivity index (χ1n) is 6.09. The van der Waals surface area contributed by atoms with Crippen LogP contribution in [0.1, 0.15) is 20.3 Å². The lowest BCUT2D eigenvalue weighted by molar-refractivity contribution is -0.142. The Labute approximate surface area is 125 Å². The molecule has 1 aliphatic heterocycles. The number of hydrogen-bond acceptors (Lipinski definition) is 7. The van der Waals surface area contributed by atoms with Gasteiger partial charge in [0.2, 0.25) is 15.4 Å². The largest absolute Gasteiger partial charge is 0.481 e. The summed E-state index contributed by atoms with van der Waals surface area (Å²) < 4.78 is 25.7. The summed E-state index contributed by atoms with van der Waals surface area (Å²) in [6.07, 6.45) is 0.257. The van der Waals surface area contributed by atoms with Gasteiger partial charge in [-0.3, -0.25) is 9.59 Å². The quantitative estimate of drug-likeness (QED) is 0.740. The molecule has 1 amide bonds. The molecule has 0 aromatic carbocycles. The molecule has 1 saturated heterocycles. The minimum Gasteiger partial charge on any atom is -0.481 e. The SMILES string of the molecule is CC(=O)Nc1nnc(S(=O)(=O)N2CCC(C(=O)O)C2C)s1. The van der Waals surface area contributed by atoms with Crippen LogP contribution in [0.5, 0.6) is 0 Å². The number of aliphatic carboxylic acids is 1. The van der Waals surface area contributed by atoms with Gasteiger partial charge in [0.25, 0.3) is 10.0 Å². The summed E-state index contributed by atoms with van der Waals surface area (Å²) >= 11 is 0.735. The molecule has 9 nitrogen and oxygen atoms in total. The average Bonchev–Trinajstić information content (AvgIpc) is 2.95. The van der Waals surface area contributed by atoms with E-state index in [2.05, 4.69) is 15.5 Å². The Morgan fingerprint density at radius 2 is 2.10 bits per heavy atom. The molecule has 21 heavy (non-hydrogen) atoms. The highest BCUT2D eigenvalue weighted by Crippen LogP contribution is 2.32. The Bertz CT molecular complexity index is 671. The number of hydrogen-bond donors (Lipinski definition) is 2. The van der Waals surface area contributed by atoms with Crippen LogP contribution in [0.15, 0.2) is 4.34 Å². The van der Waals surface area contributed by atoms with Gasteiger partial charge in [-0.2, -0.15) is 4.31 Å². The Hall–Kier alpha value is -1.59. The predicted octanol–water partition coefficient (Wildman–Crippen LogP) is -0.0198. The molecule has 0 saturated carbocycles. The molecule has 0 aliphatic carbocycles. The van der Waals surface area contributed by atoms with Gasteiger partial charge < -0.3 is 10.4 Å². The molecule has 0 radical (unpaired) electrons. The average molecular weight is 334 g/mol. The van der Waals surface area contributed by atoms with Crippen molar-refractivity contribution in [2.45, 2.75) is 30.6 Å². The topological polar surface area (TPSA) is 130 Å². The molecule has 2 heterocycles. The number of amides is 1. The van der Waals surface area contributed by atoms with Crippen molar-refractivity contribution in [3.05, 3.63) is 0 Å². The minimum atomic E-state index is -3.91. The van der Waals surface area contributed by atoms with E-state index in [4.69, 9.17) is 5.11 Å². The second-order valence-electron chi connectivity index (χ2n) is 4.64. The van der Waals surface area contributed by atoms with Crippen LogP contribution >= 0.6 is 11.3 Å². The van der Waals surface area contributed by atoms with Gasteiger partial charge in [-0.25, -0.2) is 8.42 Å². The van der Waals surface area contributed by atoms with E-state index in [9.17, 15) is 18.0 Å². The van der Waals surface area contributed by atoms with Crippen LogP contribution < -0.4 is 5.32 Å². The number of anilines is 1. The maximum atomic E-state index is 12.4. The fourth-order valence-electron chi connectivity index (χ4n) is 2.20. The molecular formula is C10H14N4O5S2. The lowest BCUT2D eigenvalue weighted by atomic mass is 10.0. The third-order valence-electron chi connectivity index (χ3n) is 3.23. The van der Waals surface area contributed by atoms with Gasteiger partial charge in [-0.05, 0) is 13.3 Å². The van der Waals surface area contributed by atoms with Crippen molar-refractivity contribution in [2.75, 3.05) is 11.9 Å². The monoisotopic (exact) mass is 334 g/mol. The number of carbonyl (C=O) groups is 2. The zero-order valence-corrected chi connectivity index (χ0v) is 12.9. The van der Waals surface area contributed by atoms with Crippen molar-refractivity contribution in [2.24, 2.45) is 5.92 Å². The molecule has 11 heteroatoms. The summed E-state index contributed by atoms with van der Waals surface area (Å²) in [5, 5.41) is 18.6. The lowest BCUT2D eigenvalue weighted by Crippen LogP contribution is -2.37. The van der Waals surface area contributed by atoms with Crippen molar-refractivity contribution in [3.8, 4) is 0 Å². The molecular weight excluding hydrogens is 320 g/mol. The summed E-state index contributed by atoms with van der Waals surface area (Å²) in [7, 11) is -3.91. The van der Waals surface area contributed by atoms with Gasteiger partial charge in [0, 0.05) is 19.5 Å². The van der Waals surface area contributed by atoms with Crippen LogP contribution in [0.25, 0.3) is 0 Å². The summed E-state index contributed by atoms with van der Waals surface area (Å²) in [6, 6.07) is -0.652. The number of carbonyl (C=O) groups excluding carboxylic acids is 1. The van der Waals surface area contributed by atoms with E-state index in [1.165, 1.54) is 6.92 Å². The second-order valence-corrected chi connectivity index (χ2v) is 7.69. The van der Waals surface area contributed by atoms with Crippen LogP contribution in [0.2, 0.25) is 0 Å². The first-order valence-corrected chi connectivity index (χ1v) is 8.35. The van der Waals surface area contributed by atoms with E-state index in [1.807, 2.05) is 0 Å². The number of carboxylic acid groups (broad SMARTS) is 1. The number of sulfonamides is 1. The van der Waals surface area contributed by atoms with Gasteiger partial charge in [0.1, 0.15) is 0 Å². The standard InChI is InChI=1S/C10H14N4O5S2/c1-5-7(8(16)17)3-4-14(5)21(18,19)10-13-12-9(20-10)11-6(2)15/h5,7H,3-4H2,1-2H3,(H,16,17)(H,11,12,15). The molecule has 0 spiro atoms. The third-order valence-corrected chi connectivity index (χ3v) is 6.40. The molecule has 0 bridgehead atoms. The zero-order valence-electron chi connectivity index (χ0n) is 11.3. The maximum absolute atomic E-state index is 12.4. The second kappa shape index (κ2) is 5.66. The highest BCUT2D eigenvalue weighted by molar-refractivity contribution is 7.91. The molecule has 2 unspecified atom stereocenters. The highest BCUT2D eigenvalue weighted by Gasteiger charge is 2.43. The van der Waals surface area contributed by atoms with Crippen LogP contribution in [-0.4, -0.2) is 52.5 Å². The first-order chi connectivity index (χ1) is 9.73. The van der Waals surface area contributed by atoms with E-state index in [-0.39, 0.29) is 28.3 Å². The Balaban J connectivity index is 2.24. The number of nitrogens with one attached hydrogen (secondary N) is 1. The molecule has 1 fully saturated rings. The van der Waals surface area contributed by atoms with Crippen molar-refractivity contribution in [3.63, 3.8) is 0 Å². The van der Waals surface area contributed by atoms with Crippen LogP contribution in [0.4, 0.5) is 5.13 Å². The van der Waals surface area contributed by atoms with Crippen LogP contribution in [0, 0.1) is 5.92 Å². The van der Waals surface area contributed by atoms with Crippen molar-refractivity contribution in [1.82, 2.24) is 14.5 Å². The Morgan fingerprint density at radius 3 is 2.62 bits per heavy atom. The van der Waals surface area contributed by atoms with Gasteiger partial charge in [0.15, 0.2) is 0 Å². The third kappa shape index (κ3) is 3.04. The van der Waals surface area contributed by atoms with E-state index in [0.29, 0.717) is 0 Å². The Morgan fingerprint density at radius 1 is 1.43 bits per heavy atom. The van der Waals surface area contributed by atoms with Gasteiger partial charge in [-0.1, -0.05) is 11.3 Å². The Kier molecular flexibility index (Phi) is 4.25. The lowest BCUT2D eigenvalue weighted by Gasteiger charge is -2.20. The summed E-state index contributed by atoms with van der Waals surface area (Å²) in [5.74, 6) is -2.13. The van der Waals surface area contributed by atoms with Gasteiger partial charge in [0.05, 0.1) is 5.92 Å².